The van der Waals surface area contributed by atoms with Gasteiger partial charge in [-0.1, -0.05) is 38.1 Å². The molecule has 0 saturated heterocycles. The van der Waals surface area contributed by atoms with Gasteiger partial charge >= 0.3 is 6.03 Å². The third kappa shape index (κ3) is 4.43. The van der Waals surface area contributed by atoms with Gasteiger partial charge in [-0.25, -0.2) is 4.79 Å². The number of nitrogens with one attached hydrogen (secondary N) is 3. The van der Waals surface area contributed by atoms with Crippen molar-refractivity contribution in [1.29, 1.82) is 0 Å². The van der Waals surface area contributed by atoms with Gasteiger partial charge in [0, 0.05) is 23.5 Å². The molecule has 0 bridgehead atoms. The van der Waals surface area contributed by atoms with Crippen molar-refractivity contribution in [3.05, 3.63) is 81.0 Å². The van der Waals surface area contributed by atoms with E-state index in [4.69, 9.17) is 0 Å². The number of carbonyl (C=O) groups is 2. The zero-order chi connectivity index (χ0) is 21.1. The van der Waals surface area contributed by atoms with Crippen molar-refractivity contribution < 1.29 is 14.5 Å². The summed E-state index contributed by atoms with van der Waals surface area (Å²) >= 11 is 0. The highest BCUT2D eigenvalue weighted by Gasteiger charge is 2.31. The fourth-order valence-electron chi connectivity index (χ4n) is 3.18. The van der Waals surface area contributed by atoms with E-state index in [0.717, 1.165) is 11.1 Å². The molecule has 0 saturated carbocycles. The van der Waals surface area contributed by atoms with E-state index < -0.39 is 16.9 Å². The lowest BCUT2D eigenvalue weighted by molar-refractivity contribution is -0.384. The van der Waals surface area contributed by atoms with Crippen LogP contribution in [0.3, 0.4) is 0 Å². The van der Waals surface area contributed by atoms with Crippen LogP contribution in [0.5, 0.6) is 0 Å². The SMILES string of the molecule is CC1=C(C(=O)Nc2ccc([N+](=O)[O-])cc2)[C@H](c2ccc(C(C)C)cc2)NC(=O)N1. The zero-order valence-corrected chi connectivity index (χ0v) is 16.4. The highest BCUT2D eigenvalue weighted by atomic mass is 16.6. The number of urea groups is 1. The molecule has 8 nitrogen and oxygen atoms in total. The number of amides is 3. The Bertz CT molecular complexity index is 979. The van der Waals surface area contributed by atoms with Crippen molar-refractivity contribution in [2.75, 3.05) is 5.32 Å². The number of hydrogen-bond donors (Lipinski definition) is 3. The van der Waals surface area contributed by atoms with E-state index in [1.807, 2.05) is 24.3 Å². The number of carbonyl (C=O) groups excluding carboxylic acids is 2. The molecule has 1 aliphatic rings. The van der Waals surface area contributed by atoms with Crippen molar-refractivity contribution in [1.82, 2.24) is 10.6 Å². The van der Waals surface area contributed by atoms with Crippen molar-refractivity contribution in [2.24, 2.45) is 0 Å². The van der Waals surface area contributed by atoms with Crippen LogP contribution < -0.4 is 16.0 Å². The first-order valence-corrected chi connectivity index (χ1v) is 9.20. The summed E-state index contributed by atoms with van der Waals surface area (Å²) in [5, 5.41) is 18.9. The fraction of sp³-hybridized carbons (Fsp3) is 0.238. The highest BCUT2D eigenvalue weighted by molar-refractivity contribution is 6.06. The zero-order valence-electron chi connectivity index (χ0n) is 16.4. The molecule has 0 aromatic heterocycles. The largest absolute Gasteiger partial charge is 0.327 e. The molecule has 2 aromatic rings. The Morgan fingerprint density at radius 3 is 2.28 bits per heavy atom. The van der Waals surface area contributed by atoms with Crippen LogP contribution in [0.2, 0.25) is 0 Å². The van der Waals surface area contributed by atoms with Gasteiger partial charge in [0.2, 0.25) is 0 Å². The van der Waals surface area contributed by atoms with Crippen LogP contribution in [0.25, 0.3) is 0 Å². The van der Waals surface area contributed by atoms with Gasteiger partial charge in [-0.15, -0.1) is 0 Å². The summed E-state index contributed by atoms with van der Waals surface area (Å²) in [6.45, 7) is 5.85. The Morgan fingerprint density at radius 1 is 1.10 bits per heavy atom. The topological polar surface area (TPSA) is 113 Å². The van der Waals surface area contributed by atoms with Gasteiger partial charge in [0.05, 0.1) is 16.5 Å². The molecule has 3 N–H and O–H groups in total. The third-order valence-electron chi connectivity index (χ3n) is 4.79. The lowest BCUT2D eigenvalue weighted by Crippen LogP contribution is -2.45. The van der Waals surface area contributed by atoms with Crippen LogP contribution in [-0.4, -0.2) is 16.9 Å². The van der Waals surface area contributed by atoms with Crippen molar-refractivity contribution in [3.63, 3.8) is 0 Å². The van der Waals surface area contributed by atoms with Crippen LogP contribution in [0.1, 0.15) is 43.9 Å². The van der Waals surface area contributed by atoms with Gasteiger partial charge in [-0.05, 0) is 36.1 Å². The minimum Gasteiger partial charge on any atom is -0.327 e. The van der Waals surface area contributed by atoms with Gasteiger partial charge in [0.25, 0.3) is 11.6 Å². The monoisotopic (exact) mass is 394 g/mol. The number of hydrogen-bond acceptors (Lipinski definition) is 4. The standard InChI is InChI=1S/C21H22N4O4/c1-12(2)14-4-6-15(7-5-14)19-18(13(3)22-21(27)24-19)20(26)23-16-8-10-17(11-9-16)25(28)29/h4-12,19H,1-3H3,(H,23,26)(H2,22,24,27)/t19-/m0/s1. The predicted octanol–water partition coefficient (Wildman–Crippen LogP) is 3.98. The normalized spacial score (nSPS) is 16.3. The van der Waals surface area contributed by atoms with Gasteiger partial charge in [-0.3, -0.25) is 14.9 Å². The molecule has 3 rings (SSSR count). The van der Waals surface area contributed by atoms with Crippen LogP contribution in [0.4, 0.5) is 16.2 Å². The Labute approximate surface area is 168 Å². The molecule has 1 heterocycles. The van der Waals surface area contributed by atoms with E-state index in [0.29, 0.717) is 22.9 Å². The number of nitrogens with zero attached hydrogens (tertiary/aromatic N) is 1. The van der Waals surface area contributed by atoms with Crippen molar-refractivity contribution >= 4 is 23.3 Å². The second-order valence-corrected chi connectivity index (χ2v) is 7.15. The van der Waals surface area contributed by atoms with E-state index >= 15 is 0 Å². The summed E-state index contributed by atoms with van der Waals surface area (Å²) in [5.41, 5.74) is 3.13. The van der Waals surface area contributed by atoms with Crippen molar-refractivity contribution in [2.45, 2.75) is 32.7 Å². The smallest absolute Gasteiger partial charge is 0.319 e. The molecule has 0 spiro atoms. The van der Waals surface area contributed by atoms with Gasteiger partial charge < -0.3 is 16.0 Å². The minimum absolute atomic E-state index is 0.0619. The van der Waals surface area contributed by atoms with Gasteiger partial charge in [0.1, 0.15) is 0 Å². The van der Waals surface area contributed by atoms with E-state index in [9.17, 15) is 19.7 Å². The summed E-state index contributed by atoms with van der Waals surface area (Å²) in [7, 11) is 0. The number of allylic oxidation sites excluding steroid dienone is 1. The third-order valence-corrected chi connectivity index (χ3v) is 4.79. The minimum atomic E-state index is -0.608. The molecule has 150 valence electrons. The molecule has 29 heavy (non-hydrogen) atoms. The summed E-state index contributed by atoms with van der Waals surface area (Å²) in [6, 6.07) is 12.3. The molecule has 1 aliphatic heterocycles. The van der Waals surface area contributed by atoms with Crippen molar-refractivity contribution in [3.8, 4) is 0 Å². The number of nitro benzene ring substituents is 1. The molecule has 1 atom stereocenters. The maximum atomic E-state index is 13.0. The van der Waals surface area contributed by atoms with E-state index in [1.165, 1.54) is 24.3 Å². The molecular weight excluding hydrogens is 372 g/mol. The number of non-ortho nitro benzene ring substituents is 1. The Kier molecular flexibility index (Phi) is 5.63. The molecule has 0 radical (unpaired) electrons. The molecule has 2 aromatic carbocycles. The van der Waals surface area contributed by atoms with E-state index in [1.54, 1.807) is 6.92 Å². The second kappa shape index (κ2) is 8.14. The highest BCUT2D eigenvalue weighted by Crippen LogP contribution is 2.29. The fourth-order valence-corrected chi connectivity index (χ4v) is 3.18. The molecule has 3 amide bonds. The summed E-state index contributed by atoms with van der Waals surface area (Å²) in [6.07, 6.45) is 0. The number of benzene rings is 2. The molecule has 0 fully saturated rings. The number of nitro groups is 1. The second-order valence-electron chi connectivity index (χ2n) is 7.15. The lowest BCUT2D eigenvalue weighted by atomic mass is 9.92. The Balaban J connectivity index is 1.88. The number of rotatable bonds is 5. The Morgan fingerprint density at radius 2 is 1.72 bits per heavy atom. The van der Waals surface area contributed by atoms with E-state index in [-0.39, 0.29) is 11.7 Å². The molecule has 0 unspecified atom stereocenters. The molecular formula is C21H22N4O4. The quantitative estimate of drug-likeness (QED) is 0.526. The average Bonchev–Trinajstić information content (AvgIpc) is 2.67. The van der Waals surface area contributed by atoms with Gasteiger partial charge in [0.15, 0.2) is 0 Å². The maximum absolute atomic E-state index is 13.0. The first kappa shape index (κ1) is 20.1. The summed E-state index contributed by atoms with van der Waals surface area (Å²) in [5.74, 6) is -0.0318. The van der Waals surface area contributed by atoms with E-state index in [2.05, 4.69) is 29.8 Å². The van der Waals surface area contributed by atoms with Crippen LogP contribution in [-0.2, 0) is 4.79 Å². The maximum Gasteiger partial charge on any atom is 0.319 e. The molecule has 8 heteroatoms. The summed E-state index contributed by atoms with van der Waals surface area (Å²) < 4.78 is 0. The van der Waals surface area contributed by atoms with Crippen LogP contribution >= 0.6 is 0 Å². The number of anilines is 1. The summed E-state index contributed by atoms with van der Waals surface area (Å²) in [4.78, 5) is 35.3. The first-order valence-electron chi connectivity index (χ1n) is 9.20. The van der Waals surface area contributed by atoms with Gasteiger partial charge in [-0.2, -0.15) is 0 Å². The predicted molar refractivity (Wildman–Crippen MR) is 109 cm³/mol. The lowest BCUT2D eigenvalue weighted by Gasteiger charge is -2.29. The average molecular weight is 394 g/mol. The Hall–Kier alpha value is -3.68. The van der Waals surface area contributed by atoms with Crippen LogP contribution in [0, 0.1) is 10.1 Å². The molecule has 0 aliphatic carbocycles. The van der Waals surface area contributed by atoms with Crippen LogP contribution in [0.15, 0.2) is 59.8 Å². The first-order chi connectivity index (χ1) is 13.8.